The number of halogens is 2. The zero-order valence-corrected chi connectivity index (χ0v) is 16.9. The summed E-state index contributed by atoms with van der Waals surface area (Å²) in [6, 6.07) is 13.6. The van der Waals surface area contributed by atoms with E-state index in [0.717, 1.165) is 22.4 Å². The van der Waals surface area contributed by atoms with Crippen LogP contribution in [0.25, 0.3) is 5.70 Å². The maximum Gasteiger partial charge on any atom is 0.248 e. The predicted octanol–water partition coefficient (Wildman–Crippen LogP) is 5.09. The zero-order valence-electron chi connectivity index (χ0n) is 15.3. The molecule has 4 heterocycles. The van der Waals surface area contributed by atoms with Crippen LogP contribution in [-0.2, 0) is 0 Å². The maximum atomic E-state index is 15.0. The van der Waals surface area contributed by atoms with Crippen LogP contribution in [0.4, 0.5) is 10.3 Å². The summed E-state index contributed by atoms with van der Waals surface area (Å²) in [5, 5.41) is 20.0. The van der Waals surface area contributed by atoms with Crippen LogP contribution in [0.15, 0.2) is 64.9 Å². The first-order valence-electron chi connectivity index (χ1n) is 9.23. The number of anilines is 1. The minimum atomic E-state index is -0.579. The van der Waals surface area contributed by atoms with Crippen LogP contribution in [0.3, 0.4) is 0 Å². The van der Waals surface area contributed by atoms with E-state index in [0.29, 0.717) is 22.3 Å². The molecular weight excluding hydrogens is 425 g/mol. The van der Waals surface area contributed by atoms with E-state index in [4.69, 9.17) is 16.3 Å². The monoisotopic (exact) mass is 437 g/mol. The average molecular weight is 438 g/mol. The number of rotatable bonds is 2. The Hall–Kier alpha value is -3.23. The molecule has 0 saturated carbocycles. The molecule has 0 unspecified atom stereocenters. The number of hydrogen-bond acceptors (Lipinski definition) is 6. The van der Waals surface area contributed by atoms with E-state index in [1.165, 1.54) is 6.07 Å². The van der Waals surface area contributed by atoms with Gasteiger partial charge in [0.15, 0.2) is 6.10 Å². The molecule has 2 aromatic carbocycles. The Balaban J connectivity index is 1.67. The van der Waals surface area contributed by atoms with Crippen molar-refractivity contribution in [1.29, 1.82) is 0 Å². The van der Waals surface area contributed by atoms with Crippen LogP contribution in [0.1, 0.15) is 28.8 Å². The van der Waals surface area contributed by atoms with Crippen molar-refractivity contribution in [2.24, 2.45) is 0 Å². The van der Waals surface area contributed by atoms with Crippen LogP contribution in [0.2, 0.25) is 5.02 Å². The van der Waals surface area contributed by atoms with Crippen molar-refractivity contribution in [2.45, 2.75) is 12.1 Å². The van der Waals surface area contributed by atoms with Gasteiger partial charge in [-0.3, -0.25) is 0 Å². The lowest BCUT2D eigenvalue weighted by Gasteiger charge is -2.38. The number of benzene rings is 2. The first-order chi connectivity index (χ1) is 14.7. The molecule has 0 amide bonds. The predicted molar refractivity (Wildman–Crippen MR) is 112 cm³/mol. The normalized spacial score (nSPS) is 19.4. The summed E-state index contributed by atoms with van der Waals surface area (Å²) in [4.78, 5) is 0. The first-order valence-corrected chi connectivity index (χ1v) is 10.5. The molecule has 2 aliphatic heterocycles. The maximum absolute atomic E-state index is 15.0. The topological polar surface area (TPSA) is 64.9 Å². The summed E-state index contributed by atoms with van der Waals surface area (Å²) in [6.07, 6.45) is -0.436. The van der Waals surface area contributed by atoms with E-state index < -0.39 is 12.1 Å². The smallest absolute Gasteiger partial charge is 0.248 e. The first kappa shape index (κ1) is 17.6. The molecule has 0 radical (unpaired) electrons. The molecular formula is C21H13ClFN5OS. The highest BCUT2D eigenvalue weighted by atomic mass is 35.5. The largest absolute Gasteiger partial charge is 0.480 e. The van der Waals surface area contributed by atoms with Gasteiger partial charge in [0.1, 0.15) is 17.6 Å². The van der Waals surface area contributed by atoms with E-state index in [2.05, 4.69) is 20.8 Å². The van der Waals surface area contributed by atoms with E-state index in [9.17, 15) is 4.39 Å². The number of hydrogen-bond donors (Lipinski definition) is 1. The third-order valence-corrected chi connectivity index (χ3v) is 6.28. The highest BCUT2D eigenvalue weighted by Gasteiger charge is 2.42. The molecule has 148 valence electrons. The molecule has 6 rings (SSSR count). The van der Waals surface area contributed by atoms with E-state index in [-0.39, 0.29) is 5.82 Å². The third-order valence-electron chi connectivity index (χ3n) is 5.34. The van der Waals surface area contributed by atoms with Crippen LogP contribution in [-0.4, -0.2) is 20.2 Å². The standard InChI is InChI=1S/C21H13ClFN5OS/c22-12-5-6-16-14(9-12)18-17(20(29-16)11-7-8-30-10-11)19(13-3-1-2-4-15(13)23)28-21(24-18)25-26-27-28/h1-10,19-20H,(H,24,25,27)/t19-,20+/m1/s1. The average Bonchev–Trinajstić information content (AvgIpc) is 3.44. The van der Waals surface area contributed by atoms with Crippen molar-refractivity contribution in [1.82, 2.24) is 20.2 Å². The fourth-order valence-corrected chi connectivity index (χ4v) is 4.90. The summed E-state index contributed by atoms with van der Waals surface area (Å²) in [5.41, 5.74) is 3.85. The Kier molecular flexibility index (Phi) is 3.90. The van der Waals surface area contributed by atoms with Gasteiger partial charge in [0.2, 0.25) is 5.95 Å². The molecule has 0 bridgehead atoms. The quantitative estimate of drug-likeness (QED) is 0.473. The molecule has 1 N–H and O–H groups in total. The Morgan fingerprint density at radius 3 is 2.90 bits per heavy atom. The summed E-state index contributed by atoms with van der Waals surface area (Å²) in [5.74, 6) is 0.785. The van der Waals surface area contributed by atoms with Gasteiger partial charge in [-0.2, -0.15) is 16.0 Å². The molecule has 0 spiro atoms. The van der Waals surface area contributed by atoms with Crippen LogP contribution >= 0.6 is 22.9 Å². The molecule has 4 aromatic rings. The van der Waals surface area contributed by atoms with Crippen molar-refractivity contribution < 1.29 is 9.13 Å². The Labute approximate surface area is 179 Å². The van der Waals surface area contributed by atoms with Crippen molar-refractivity contribution in [2.75, 3.05) is 5.32 Å². The lowest BCUT2D eigenvalue weighted by molar-refractivity contribution is 0.222. The lowest BCUT2D eigenvalue weighted by Crippen LogP contribution is -2.32. The van der Waals surface area contributed by atoms with E-state index in [1.807, 2.05) is 29.0 Å². The number of nitrogens with one attached hydrogen (secondary N) is 1. The molecule has 2 atom stereocenters. The molecule has 0 aliphatic carbocycles. The second-order valence-electron chi connectivity index (χ2n) is 7.02. The van der Waals surface area contributed by atoms with Crippen LogP contribution in [0.5, 0.6) is 5.75 Å². The summed E-state index contributed by atoms with van der Waals surface area (Å²) in [7, 11) is 0. The molecule has 30 heavy (non-hydrogen) atoms. The van der Waals surface area contributed by atoms with Gasteiger partial charge in [0.25, 0.3) is 0 Å². The Bertz CT molecular complexity index is 1300. The highest BCUT2D eigenvalue weighted by molar-refractivity contribution is 7.08. The van der Waals surface area contributed by atoms with Gasteiger partial charge in [0, 0.05) is 27.3 Å². The molecule has 0 saturated heterocycles. The van der Waals surface area contributed by atoms with Gasteiger partial charge in [0.05, 0.1) is 5.70 Å². The van der Waals surface area contributed by atoms with E-state index >= 15 is 0 Å². The van der Waals surface area contributed by atoms with Crippen molar-refractivity contribution in [3.8, 4) is 5.75 Å². The second kappa shape index (κ2) is 6.65. The Morgan fingerprint density at radius 1 is 1.17 bits per heavy atom. The fraction of sp³-hybridized carbons (Fsp3) is 0.0952. The number of tetrazole rings is 1. The number of nitrogens with zero attached hydrogens (tertiary/aromatic N) is 4. The van der Waals surface area contributed by atoms with Crippen molar-refractivity contribution in [3.63, 3.8) is 0 Å². The highest BCUT2D eigenvalue weighted by Crippen LogP contribution is 2.51. The van der Waals surface area contributed by atoms with Gasteiger partial charge in [-0.15, -0.1) is 0 Å². The van der Waals surface area contributed by atoms with Gasteiger partial charge >= 0.3 is 0 Å². The fourth-order valence-electron chi connectivity index (χ4n) is 4.06. The third kappa shape index (κ3) is 2.57. The summed E-state index contributed by atoms with van der Waals surface area (Å²) in [6.45, 7) is 0. The van der Waals surface area contributed by atoms with Gasteiger partial charge in [-0.05, 0) is 51.5 Å². The molecule has 9 heteroatoms. The van der Waals surface area contributed by atoms with E-state index in [1.54, 1.807) is 40.3 Å². The number of aromatic nitrogens is 4. The van der Waals surface area contributed by atoms with Gasteiger partial charge in [-0.1, -0.05) is 34.9 Å². The molecule has 2 aliphatic rings. The summed E-state index contributed by atoms with van der Waals surface area (Å²) >= 11 is 7.87. The Morgan fingerprint density at radius 2 is 2.07 bits per heavy atom. The second-order valence-corrected chi connectivity index (χ2v) is 8.24. The van der Waals surface area contributed by atoms with Crippen LogP contribution < -0.4 is 10.1 Å². The minimum Gasteiger partial charge on any atom is -0.480 e. The number of ether oxygens (including phenoxy) is 1. The molecule has 0 fully saturated rings. The molecule has 6 nitrogen and oxygen atoms in total. The van der Waals surface area contributed by atoms with Gasteiger partial charge in [-0.25, -0.2) is 4.39 Å². The summed E-state index contributed by atoms with van der Waals surface area (Å²) < 4.78 is 23.0. The number of fused-ring (bicyclic) bond motifs is 3. The van der Waals surface area contributed by atoms with Crippen molar-refractivity contribution >= 4 is 34.6 Å². The zero-order chi connectivity index (χ0) is 20.2. The van der Waals surface area contributed by atoms with Crippen LogP contribution in [0, 0.1) is 5.82 Å². The van der Waals surface area contributed by atoms with Crippen molar-refractivity contribution in [3.05, 3.63) is 92.4 Å². The minimum absolute atomic E-state index is 0.335. The molecule has 2 aromatic heterocycles. The SMILES string of the molecule is Fc1ccccc1[C@@H]1C2=C(Nc3nnnn31)c1cc(Cl)ccc1O[C@H]2c1ccsc1. The lowest BCUT2D eigenvalue weighted by atomic mass is 9.85. The number of thiophene rings is 1. The van der Waals surface area contributed by atoms with Gasteiger partial charge < -0.3 is 10.1 Å².